The first kappa shape index (κ1) is 23.8. The molecular formula is C21H23F3N2O5. The number of benzene rings is 2. The van der Waals surface area contributed by atoms with Gasteiger partial charge in [0, 0.05) is 11.6 Å². The number of nitrogens with one attached hydrogen (secondary N) is 2. The van der Waals surface area contributed by atoms with Gasteiger partial charge in [-0.1, -0.05) is 0 Å². The van der Waals surface area contributed by atoms with E-state index in [0.29, 0.717) is 11.5 Å². The molecule has 2 N–H and O–H groups in total. The predicted octanol–water partition coefficient (Wildman–Crippen LogP) is 5.32. The SMILES string of the molecule is COc1cc(OC)cc(C(=O)Nc2cc(C(F)(F)F)ccc2NC(=O)OC(C)(C)C)c1. The largest absolute Gasteiger partial charge is 0.497 e. The Balaban J connectivity index is 2.40. The first-order chi connectivity index (χ1) is 14.3. The van der Waals surface area contributed by atoms with Crippen molar-refractivity contribution in [1.29, 1.82) is 0 Å². The van der Waals surface area contributed by atoms with E-state index in [4.69, 9.17) is 14.2 Å². The summed E-state index contributed by atoms with van der Waals surface area (Å²) < 4.78 is 54.9. The monoisotopic (exact) mass is 440 g/mol. The van der Waals surface area contributed by atoms with Crippen LogP contribution in [0.2, 0.25) is 0 Å². The molecule has 0 bridgehead atoms. The van der Waals surface area contributed by atoms with Crippen LogP contribution < -0.4 is 20.1 Å². The zero-order chi connectivity index (χ0) is 23.4. The van der Waals surface area contributed by atoms with E-state index < -0.39 is 29.3 Å². The lowest BCUT2D eigenvalue weighted by molar-refractivity contribution is -0.137. The zero-order valence-corrected chi connectivity index (χ0v) is 17.6. The van der Waals surface area contributed by atoms with Crippen molar-refractivity contribution < 1.29 is 37.0 Å². The van der Waals surface area contributed by atoms with Crippen molar-refractivity contribution in [1.82, 2.24) is 0 Å². The fraction of sp³-hybridized carbons (Fsp3) is 0.333. The molecule has 10 heteroatoms. The highest BCUT2D eigenvalue weighted by molar-refractivity contribution is 6.07. The average molecular weight is 440 g/mol. The van der Waals surface area contributed by atoms with Crippen LogP contribution in [0.3, 0.4) is 0 Å². The van der Waals surface area contributed by atoms with E-state index in [0.717, 1.165) is 18.2 Å². The van der Waals surface area contributed by atoms with E-state index in [9.17, 15) is 22.8 Å². The molecule has 0 aliphatic carbocycles. The number of alkyl halides is 3. The van der Waals surface area contributed by atoms with Crippen LogP contribution in [-0.4, -0.2) is 31.8 Å². The Bertz CT molecular complexity index is 946. The summed E-state index contributed by atoms with van der Waals surface area (Å²) in [6, 6.07) is 6.88. The molecular weight excluding hydrogens is 417 g/mol. The van der Waals surface area contributed by atoms with Crippen LogP contribution in [-0.2, 0) is 10.9 Å². The van der Waals surface area contributed by atoms with E-state index in [1.54, 1.807) is 20.8 Å². The number of methoxy groups -OCH3 is 2. The van der Waals surface area contributed by atoms with E-state index in [2.05, 4.69) is 10.6 Å². The van der Waals surface area contributed by atoms with Gasteiger partial charge in [-0.05, 0) is 51.1 Å². The van der Waals surface area contributed by atoms with Crippen LogP contribution in [0.25, 0.3) is 0 Å². The Morgan fingerprint density at radius 2 is 1.42 bits per heavy atom. The summed E-state index contributed by atoms with van der Waals surface area (Å²) in [4.78, 5) is 24.8. The van der Waals surface area contributed by atoms with Crippen molar-refractivity contribution >= 4 is 23.4 Å². The van der Waals surface area contributed by atoms with Crippen molar-refractivity contribution in [2.45, 2.75) is 32.5 Å². The normalized spacial score (nSPS) is 11.5. The van der Waals surface area contributed by atoms with Crippen LogP contribution in [0.1, 0.15) is 36.7 Å². The number of hydrogen-bond acceptors (Lipinski definition) is 5. The Kier molecular flexibility index (Phi) is 7.04. The molecule has 31 heavy (non-hydrogen) atoms. The lowest BCUT2D eigenvalue weighted by atomic mass is 10.1. The number of carbonyl (C=O) groups is 2. The summed E-state index contributed by atoms with van der Waals surface area (Å²) in [6.45, 7) is 4.91. The Morgan fingerprint density at radius 1 is 0.839 bits per heavy atom. The molecule has 0 atom stereocenters. The number of amides is 2. The van der Waals surface area contributed by atoms with Gasteiger partial charge in [0.25, 0.3) is 5.91 Å². The van der Waals surface area contributed by atoms with Crippen LogP contribution >= 0.6 is 0 Å². The number of anilines is 2. The summed E-state index contributed by atoms with van der Waals surface area (Å²) in [7, 11) is 2.79. The van der Waals surface area contributed by atoms with Crippen molar-refractivity contribution in [2.24, 2.45) is 0 Å². The van der Waals surface area contributed by atoms with Crippen molar-refractivity contribution in [3.05, 3.63) is 47.5 Å². The lowest BCUT2D eigenvalue weighted by Crippen LogP contribution is -2.27. The minimum atomic E-state index is -4.65. The number of carbonyl (C=O) groups excluding carboxylic acids is 2. The van der Waals surface area contributed by atoms with Gasteiger partial charge in [-0.15, -0.1) is 0 Å². The summed E-state index contributed by atoms with van der Waals surface area (Å²) >= 11 is 0. The molecule has 2 aromatic carbocycles. The summed E-state index contributed by atoms with van der Waals surface area (Å²) in [5.74, 6) is -0.0925. The van der Waals surface area contributed by atoms with Crippen LogP contribution in [0.4, 0.5) is 29.3 Å². The Hall–Kier alpha value is -3.43. The van der Waals surface area contributed by atoms with Crippen molar-refractivity contribution in [3.8, 4) is 11.5 Å². The molecule has 0 fully saturated rings. The third-order valence-electron chi connectivity index (χ3n) is 3.84. The molecule has 2 aromatic rings. The highest BCUT2D eigenvalue weighted by Gasteiger charge is 2.31. The van der Waals surface area contributed by atoms with Crippen LogP contribution in [0.5, 0.6) is 11.5 Å². The molecule has 7 nitrogen and oxygen atoms in total. The van der Waals surface area contributed by atoms with E-state index in [-0.39, 0.29) is 16.9 Å². The van der Waals surface area contributed by atoms with E-state index in [1.807, 2.05) is 0 Å². The first-order valence-corrected chi connectivity index (χ1v) is 9.08. The number of hydrogen-bond donors (Lipinski definition) is 2. The summed E-state index contributed by atoms with van der Waals surface area (Å²) in [6.07, 6.45) is -5.53. The number of rotatable bonds is 5. The molecule has 0 unspecified atom stereocenters. The Labute approximate surface area is 177 Å². The fourth-order valence-electron chi connectivity index (χ4n) is 2.48. The predicted molar refractivity (Wildman–Crippen MR) is 109 cm³/mol. The van der Waals surface area contributed by atoms with Gasteiger partial charge in [0.05, 0.1) is 31.2 Å². The second-order valence-electron chi connectivity index (χ2n) is 7.44. The van der Waals surface area contributed by atoms with Gasteiger partial charge < -0.3 is 19.5 Å². The van der Waals surface area contributed by atoms with Gasteiger partial charge >= 0.3 is 12.3 Å². The summed E-state index contributed by atoms with van der Waals surface area (Å²) in [5.41, 5.74) is -2.06. The maximum Gasteiger partial charge on any atom is 0.416 e. The molecule has 0 heterocycles. The quantitative estimate of drug-likeness (QED) is 0.657. The van der Waals surface area contributed by atoms with Crippen molar-refractivity contribution in [2.75, 3.05) is 24.9 Å². The van der Waals surface area contributed by atoms with Gasteiger partial charge in [-0.2, -0.15) is 13.2 Å². The van der Waals surface area contributed by atoms with E-state index >= 15 is 0 Å². The minimum absolute atomic E-state index is 0.0644. The van der Waals surface area contributed by atoms with E-state index in [1.165, 1.54) is 32.4 Å². The number of halogens is 3. The highest BCUT2D eigenvalue weighted by atomic mass is 19.4. The fourth-order valence-corrected chi connectivity index (χ4v) is 2.48. The molecule has 0 saturated heterocycles. The molecule has 0 saturated carbocycles. The van der Waals surface area contributed by atoms with Crippen LogP contribution in [0.15, 0.2) is 36.4 Å². The highest BCUT2D eigenvalue weighted by Crippen LogP contribution is 2.34. The number of ether oxygens (including phenoxy) is 3. The first-order valence-electron chi connectivity index (χ1n) is 9.08. The second-order valence-corrected chi connectivity index (χ2v) is 7.44. The maximum atomic E-state index is 13.2. The molecule has 0 aliphatic rings. The maximum absolute atomic E-state index is 13.2. The van der Waals surface area contributed by atoms with Crippen molar-refractivity contribution in [3.63, 3.8) is 0 Å². The molecule has 2 rings (SSSR count). The standard InChI is InChI=1S/C21H23F3N2O5/c1-20(2,3)31-19(28)26-16-7-6-13(21(22,23)24)10-17(16)25-18(27)12-8-14(29-4)11-15(9-12)30-5/h6-11H,1-5H3,(H,25,27)(H,26,28). The second kappa shape index (κ2) is 9.15. The zero-order valence-electron chi connectivity index (χ0n) is 17.6. The molecule has 0 radical (unpaired) electrons. The van der Waals surface area contributed by atoms with Gasteiger partial charge in [-0.3, -0.25) is 10.1 Å². The third-order valence-corrected chi connectivity index (χ3v) is 3.84. The molecule has 0 aliphatic heterocycles. The lowest BCUT2D eigenvalue weighted by Gasteiger charge is -2.21. The minimum Gasteiger partial charge on any atom is -0.497 e. The molecule has 2 amide bonds. The third kappa shape index (κ3) is 6.80. The molecule has 0 spiro atoms. The van der Waals surface area contributed by atoms with Gasteiger partial charge in [-0.25, -0.2) is 4.79 Å². The van der Waals surface area contributed by atoms with Gasteiger partial charge in [0.15, 0.2) is 0 Å². The molecule has 0 aromatic heterocycles. The Morgan fingerprint density at radius 3 is 1.90 bits per heavy atom. The molecule has 168 valence electrons. The topological polar surface area (TPSA) is 85.9 Å². The van der Waals surface area contributed by atoms with Gasteiger partial charge in [0.2, 0.25) is 0 Å². The van der Waals surface area contributed by atoms with Gasteiger partial charge in [0.1, 0.15) is 17.1 Å². The van der Waals surface area contributed by atoms with Crippen LogP contribution in [0, 0.1) is 0 Å². The average Bonchev–Trinajstić information content (AvgIpc) is 2.66. The summed E-state index contributed by atoms with van der Waals surface area (Å²) in [5, 5.41) is 4.74. The smallest absolute Gasteiger partial charge is 0.416 e.